The lowest BCUT2D eigenvalue weighted by Gasteiger charge is -2.05. The highest BCUT2D eigenvalue weighted by Gasteiger charge is 2.17. The standard InChI is InChI=1S/C11H10N6O3S/c1-6-3-14-11(15-4-6)21-10-8(9(12)16-18)2-7(5-13-10)17(19)20/h2-5,18H,1H3,(H2,12,16). The quantitative estimate of drug-likeness (QED) is 0.215. The molecule has 3 N–H and O–H groups in total. The van der Waals surface area contributed by atoms with E-state index in [9.17, 15) is 10.1 Å². The average molecular weight is 306 g/mol. The molecule has 2 aromatic rings. The molecule has 0 spiro atoms. The summed E-state index contributed by atoms with van der Waals surface area (Å²) in [5, 5.41) is 23.1. The van der Waals surface area contributed by atoms with Crippen LogP contribution in [0.1, 0.15) is 11.1 Å². The zero-order valence-corrected chi connectivity index (χ0v) is 11.6. The first kappa shape index (κ1) is 14.7. The molecule has 0 aromatic carbocycles. The Bertz CT molecular complexity index is 704. The van der Waals surface area contributed by atoms with E-state index in [4.69, 9.17) is 10.9 Å². The van der Waals surface area contributed by atoms with Crippen LogP contribution < -0.4 is 5.73 Å². The molecule has 2 heterocycles. The Morgan fingerprint density at radius 3 is 2.62 bits per heavy atom. The number of amidine groups is 1. The summed E-state index contributed by atoms with van der Waals surface area (Å²) >= 11 is 1.06. The van der Waals surface area contributed by atoms with Crippen LogP contribution in [0.4, 0.5) is 5.69 Å². The lowest BCUT2D eigenvalue weighted by atomic mass is 10.2. The number of pyridine rings is 1. The molecule has 0 aliphatic carbocycles. The molecular formula is C11H10N6O3S. The largest absolute Gasteiger partial charge is 0.409 e. The van der Waals surface area contributed by atoms with Gasteiger partial charge in [-0.05, 0) is 24.2 Å². The van der Waals surface area contributed by atoms with Gasteiger partial charge in [-0.25, -0.2) is 15.0 Å². The third-order valence-corrected chi connectivity index (χ3v) is 3.29. The van der Waals surface area contributed by atoms with Gasteiger partial charge in [0.2, 0.25) is 0 Å². The molecule has 21 heavy (non-hydrogen) atoms. The van der Waals surface area contributed by atoms with Crippen LogP contribution in [0.25, 0.3) is 0 Å². The van der Waals surface area contributed by atoms with Crippen LogP contribution in [0.3, 0.4) is 0 Å². The molecule has 0 bridgehead atoms. The lowest BCUT2D eigenvalue weighted by molar-refractivity contribution is -0.385. The minimum Gasteiger partial charge on any atom is -0.409 e. The zero-order chi connectivity index (χ0) is 15.4. The Morgan fingerprint density at radius 2 is 2.05 bits per heavy atom. The molecule has 2 rings (SSSR count). The van der Waals surface area contributed by atoms with Crippen molar-refractivity contribution in [1.82, 2.24) is 15.0 Å². The van der Waals surface area contributed by atoms with Gasteiger partial charge in [0.25, 0.3) is 5.69 Å². The van der Waals surface area contributed by atoms with Crippen molar-refractivity contribution in [2.24, 2.45) is 10.9 Å². The van der Waals surface area contributed by atoms with Gasteiger partial charge < -0.3 is 10.9 Å². The molecule has 0 unspecified atom stereocenters. The molecule has 0 fully saturated rings. The number of aryl methyl sites for hydroxylation is 1. The summed E-state index contributed by atoms with van der Waals surface area (Å²) in [7, 11) is 0. The Balaban J connectivity index is 2.42. The van der Waals surface area contributed by atoms with Gasteiger partial charge in [-0.2, -0.15) is 0 Å². The van der Waals surface area contributed by atoms with Crippen molar-refractivity contribution in [1.29, 1.82) is 0 Å². The summed E-state index contributed by atoms with van der Waals surface area (Å²) in [4.78, 5) is 22.3. The third kappa shape index (κ3) is 3.42. The highest BCUT2D eigenvalue weighted by Crippen LogP contribution is 2.28. The molecule has 10 heteroatoms. The van der Waals surface area contributed by atoms with Crippen LogP contribution in [-0.4, -0.2) is 30.9 Å². The molecule has 0 radical (unpaired) electrons. The van der Waals surface area contributed by atoms with E-state index in [-0.39, 0.29) is 17.1 Å². The molecular weight excluding hydrogens is 296 g/mol. The SMILES string of the molecule is Cc1cnc(Sc2ncc([N+](=O)[O-])cc2C(N)=NO)nc1. The topological polar surface area (TPSA) is 140 Å². The van der Waals surface area contributed by atoms with Crippen LogP contribution in [0, 0.1) is 17.0 Å². The average Bonchev–Trinajstić information content (AvgIpc) is 2.49. The van der Waals surface area contributed by atoms with Gasteiger partial charge in [0, 0.05) is 18.5 Å². The van der Waals surface area contributed by atoms with Crippen LogP contribution in [0.15, 0.2) is 40.0 Å². The molecule has 0 aliphatic heterocycles. The van der Waals surface area contributed by atoms with Gasteiger partial charge in [0.05, 0.1) is 10.5 Å². The second kappa shape index (κ2) is 6.13. The van der Waals surface area contributed by atoms with E-state index in [1.807, 2.05) is 6.92 Å². The minimum absolute atomic E-state index is 0.140. The van der Waals surface area contributed by atoms with E-state index >= 15 is 0 Å². The molecule has 108 valence electrons. The molecule has 0 saturated heterocycles. The molecule has 9 nitrogen and oxygen atoms in total. The first-order chi connectivity index (χ1) is 10.0. The normalized spacial score (nSPS) is 11.4. The van der Waals surface area contributed by atoms with Gasteiger partial charge in [0.1, 0.15) is 11.2 Å². The van der Waals surface area contributed by atoms with Gasteiger partial charge in [-0.3, -0.25) is 10.1 Å². The first-order valence-electron chi connectivity index (χ1n) is 5.60. The van der Waals surface area contributed by atoms with Crippen LogP contribution >= 0.6 is 11.8 Å². The van der Waals surface area contributed by atoms with E-state index in [1.54, 1.807) is 12.4 Å². The molecule has 0 aliphatic rings. The number of nitro groups is 1. The number of aromatic nitrogens is 3. The fraction of sp³-hybridized carbons (Fsp3) is 0.0909. The number of rotatable bonds is 4. The highest BCUT2D eigenvalue weighted by molar-refractivity contribution is 7.99. The van der Waals surface area contributed by atoms with Gasteiger partial charge in [-0.15, -0.1) is 0 Å². The summed E-state index contributed by atoms with van der Waals surface area (Å²) in [6.45, 7) is 1.85. The Kier molecular flexibility index (Phi) is 4.28. The predicted molar refractivity (Wildman–Crippen MR) is 74.3 cm³/mol. The van der Waals surface area contributed by atoms with Crippen molar-refractivity contribution in [3.05, 3.63) is 45.9 Å². The highest BCUT2D eigenvalue weighted by atomic mass is 32.2. The van der Waals surface area contributed by atoms with Gasteiger partial charge in [0.15, 0.2) is 11.0 Å². The molecule has 2 aromatic heterocycles. The number of hydrogen-bond donors (Lipinski definition) is 2. The van der Waals surface area contributed by atoms with Crippen molar-refractivity contribution in [2.45, 2.75) is 17.1 Å². The summed E-state index contributed by atoms with van der Waals surface area (Å²) in [5.74, 6) is -0.277. The third-order valence-electron chi connectivity index (χ3n) is 2.38. The van der Waals surface area contributed by atoms with E-state index in [0.717, 1.165) is 23.5 Å². The summed E-state index contributed by atoms with van der Waals surface area (Å²) in [6.07, 6.45) is 4.35. The number of hydrogen-bond acceptors (Lipinski definition) is 8. The van der Waals surface area contributed by atoms with Crippen LogP contribution in [0.2, 0.25) is 0 Å². The summed E-state index contributed by atoms with van der Waals surface area (Å²) < 4.78 is 0. The maximum absolute atomic E-state index is 10.8. The van der Waals surface area contributed by atoms with Crippen molar-refractivity contribution >= 4 is 23.3 Å². The van der Waals surface area contributed by atoms with Crippen molar-refractivity contribution in [3.8, 4) is 0 Å². The van der Waals surface area contributed by atoms with E-state index in [1.165, 1.54) is 6.07 Å². The Hall–Kier alpha value is -2.75. The van der Waals surface area contributed by atoms with Crippen LogP contribution in [-0.2, 0) is 0 Å². The van der Waals surface area contributed by atoms with E-state index < -0.39 is 4.92 Å². The zero-order valence-electron chi connectivity index (χ0n) is 10.8. The van der Waals surface area contributed by atoms with E-state index in [2.05, 4.69) is 20.1 Å². The molecule has 0 amide bonds. The predicted octanol–water partition coefficient (Wildman–Crippen LogP) is 1.33. The summed E-state index contributed by atoms with van der Waals surface area (Å²) in [6, 6.07) is 1.18. The molecule has 0 atom stereocenters. The van der Waals surface area contributed by atoms with Crippen molar-refractivity contribution in [3.63, 3.8) is 0 Å². The Morgan fingerprint density at radius 1 is 1.38 bits per heavy atom. The van der Waals surface area contributed by atoms with Crippen LogP contribution in [0.5, 0.6) is 0 Å². The van der Waals surface area contributed by atoms with Gasteiger partial charge in [-0.1, -0.05) is 5.16 Å². The fourth-order valence-electron chi connectivity index (χ4n) is 1.38. The fourth-order valence-corrected chi connectivity index (χ4v) is 2.14. The Labute approximate surface area is 123 Å². The number of oxime groups is 1. The molecule has 0 saturated carbocycles. The van der Waals surface area contributed by atoms with Crippen molar-refractivity contribution < 1.29 is 10.1 Å². The maximum Gasteiger partial charge on any atom is 0.288 e. The minimum atomic E-state index is -0.613. The summed E-state index contributed by atoms with van der Waals surface area (Å²) in [5.41, 5.74) is 6.30. The first-order valence-corrected chi connectivity index (χ1v) is 6.41. The maximum atomic E-state index is 10.8. The number of nitrogens with two attached hydrogens (primary N) is 1. The lowest BCUT2D eigenvalue weighted by Crippen LogP contribution is -2.15. The van der Waals surface area contributed by atoms with Gasteiger partial charge >= 0.3 is 0 Å². The van der Waals surface area contributed by atoms with E-state index in [0.29, 0.717) is 10.2 Å². The van der Waals surface area contributed by atoms with Crippen molar-refractivity contribution in [2.75, 3.05) is 0 Å². The number of nitrogens with zero attached hydrogens (tertiary/aromatic N) is 5. The second-order valence-electron chi connectivity index (χ2n) is 3.93. The smallest absolute Gasteiger partial charge is 0.288 e. The second-order valence-corrected chi connectivity index (χ2v) is 4.89. The monoisotopic (exact) mass is 306 g/mol.